The van der Waals surface area contributed by atoms with Crippen molar-refractivity contribution in [2.75, 3.05) is 6.61 Å². The van der Waals surface area contributed by atoms with Gasteiger partial charge in [-0.2, -0.15) is 0 Å². The second kappa shape index (κ2) is 14.0. The number of epoxide rings is 1. The van der Waals surface area contributed by atoms with Gasteiger partial charge in [0.05, 0.1) is 12.7 Å². The third-order valence-corrected chi connectivity index (χ3v) is 1.35. The van der Waals surface area contributed by atoms with Crippen LogP contribution in [0.2, 0.25) is 0 Å². The first-order valence-electron chi connectivity index (χ1n) is 5.20. The Morgan fingerprint density at radius 1 is 1.15 bits per heavy atom. The van der Waals surface area contributed by atoms with Gasteiger partial charge in [0.25, 0.3) is 0 Å². The van der Waals surface area contributed by atoms with Crippen LogP contribution in [0.1, 0.15) is 41.0 Å². The molecular formula is C12H24O. The summed E-state index contributed by atoms with van der Waals surface area (Å²) in [6.45, 7) is 11.1. The molecule has 0 aromatic heterocycles. The first-order valence-corrected chi connectivity index (χ1v) is 5.20. The molecule has 1 heterocycles. The smallest absolute Gasteiger partial charge is 0.0807 e. The Balaban J connectivity index is 0. The molecule has 1 unspecified atom stereocenters. The summed E-state index contributed by atoms with van der Waals surface area (Å²) >= 11 is 0. The molecule has 1 saturated heterocycles. The molecule has 1 fully saturated rings. The summed E-state index contributed by atoms with van der Waals surface area (Å²) in [6.07, 6.45) is 9.83. The third-order valence-electron chi connectivity index (χ3n) is 1.35. The summed E-state index contributed by atoms with van der Waals surface area (Å²) in [5.74, 6) is 0. The van der Waals surface area contributed by atoms with E-state index in [2.05, 4.69) is 6.92 Å². The molecule has 0 aromatic rings. The van der Waals surface area contributed by atoms with Gasteiger partial charge in [-0.25, -0.2) is 0 Å². The van der Waals surface area contributed by atoms with Crippen LogP contribution in [0.15, 0.2) is 24.3 Å². The molecule has 1 nitrogen and oxygen atoms in total. The lowest BCUT2D eigenvalue weighted by atomic mass is 10.4. The van der Waals surface area contributed by atoms with Crippen molar-refractivity contribution in [3.8, 4) is 0 Å². The number of hydrogen-bond acceptors (Lipinski definition) is 1. The van der Waals surface area contributed by atoms with Gasteiger partial charge in [-0.05, 0) is 20.3 Å². The molecular weight excluding hydrogens is 160 g/mol. The molecule has 0 bridgehead atoms. The van der Waals surface area contributed by atoms with Crippen molar-refractivity contribution in [1.29, 1.82) is 0 Å². The van der Waals surface area contributed by atoms with Crippen LogP contribution in [0.3, 0.4) is 0 Å². The highest BCUT2D eigenvalue weighted by molar-refractivity contribution is 4.98. The summed E-state index contributed by atoms with van der Waals surface area (Å²) in [4.78, 5) is 0. The summed E-state index contributed by atoms with van der Waals surface area (Å²) in [5, 5.41) is 0. The molecule has 0 aliphatic carbocycles. The fourth-order valence-electron chi connectivity index (χ4n) is 0.526. The first kappa shape index (κ1) is 14.9. The molecule has 13 heavy (non-hydrogen) atoms. The minimum absolute atomic E-state index is 0.634. The minimum atomic E-state index is 0.634. The normalized spacial score (nSPS) is 19.0. The summed E-state index contributed by atoms with van der Waals surface area (Å²) in [7, 11) is 0. The predicted molar refractivity (Wildman–Crippen MR) is 61.0 cm³/mol. The van der Waals surface area contributed by atoms with Crippen molar-refractivity contribution in [2.24, 2.45) is 0 Å². The zero-order valence-electron chi connectivity index (χ0n) is 9.71. The summed E-state index contributed by atoms with van der Waals surface area (Å²) < 4.78 is 4.86. The number of rotatable bonds is 2. The number of allylic oxidation sites excluding steroid dienone is 4. The van der Waals surface area contributed by atoms with Crippen LogP contribution in [-0.2, 0) is 4.74 Å². The van der Waals surface area contributed by atoms with E-state index >= 15 is 0 Å². The van der Waals surface area contributed by atoms with E-state index in [1.54, 1.807) is 0 Å². The second-order valence-corrected chi connectivity index (χ2v) is 2.42. The van der Waals surface area contributed by atoms with Gasteiger partial charge in [0, 0.05) is 0 Å². The van der Waals surface area contributed by atoms with E-state index in [-0.39, 0.29) is 0 Å². The zero-order chi connectivity index (χ0) is 10.5. The quantitative estimate of drug-likeness (QED) is 0.467. The molecule has 0 radical (unpaired) electrons. The largest absolute Gasteiger partial charge is 0.373 e. The van der Waals surface area contributed by atoms with Gasteiger partial charge in [0.15, 0.2) is 0 Å². The van der Waals surface area contributed by atoms with Gasteiger partial charge < -0.3 is 4.74 Å². The second-order valence-electron chi connectivity index (χ2n) is 2.42. The molecule has 1 aliphatic heterocycles. The van der Waals surface area contributed by atoms with Crippen LogP contribution >= 0.6 is 0 Å². The van der Waals surface area contributed by atoms with Crippen molar-refractivity contribution in [2.45, 2.75) is 47.1 Å². The van der Waals surface area contributed by atoms with Crippen LogP contribution in [-0.4, -0.2) is 12.7 Å². The maximum atomic E-state index is 4.86. The molecule has 1 rings (SSSR count). The SMILES string of the molecule is C/C=C/C=C/C.CC.CCC1CO1. The molecule has 0 amide bonds. The van der Waals surface area contributed by atoms with E-state index in [9.17, 15) is 0 Å². The Kier molecular flexibility index (Phi) is 16.1. The Hall–Kier alpha value is -0.560. The molecule has 0 spiro atoms. The van der Waals surface area contributed by atoms with Crippen molar-refractivity contribution in [3.63, 3.8) is 0 Å². The van der Waals surface area contributed by atoms with Crippen LogP contribution in [0.5, 0.6) is 0 Å². The van der Waals surface area contributed by atoms with Gasteiger partial charge >= 0.3 is 0 Å². The fourth-order valence-corrected chi connectivity index (χ4v) is 0.526. The molecule has 1 heteroatoms. The number of hydrogen-bond donors (Lipinski definition) is 0. The predicted octanol–water partition coefficient (Wildman–Crippen LogP) is 3.96. The Morgan fingerprint density at radius 2 is 1.54 bits per heavy atom. The molecule has 1 atom stereocenters. The van der Waals surface area contributed by atoms with Crippen LogP contribution in [0.4, 0.5) is 0 Å². The van der Waals surface area contributed by atoms with E-state index < -0.39 is 0 Å². The van der Waals surface area contributed by atoms with E-state index in [0.29, 0.717) is 6.10 Å². The first-order chi connectivity index (χ1) is 6.35. The van der Waals surface area contributed by atoms with Crippen molar-refractivity contribution in [1.82, 2.24) is 0 Å². The Bertz CT molecular complexity index is 111. The van der Waals surface area contributed by atoms with Crippen LogP contribution in [0.25, 0.3) is 0 Å². The van der Waals surface area contributed by atoms with Crippen molar-refractivity contribution in [3.05, 3.63) is 24.3 Å². The monoisotopic (exact) mass is 184 g/mol. The van der Waals surface area contributed by atoms with Gasteiger partial charge in [-0.1, -0.05) is 45.1 Å². The van der Waals surface area contributed by atoms with E-state index in [1.807, 2.05) is 52.0 Å². The van der Waals surface area contributed by atoms with Gasteiger partial charge in [-0.15, -0.1) is 0 Å². The zero-order valence-corrected chi connectivity index (χ0v) is 9.71. The maximum Gasteiger partial charge on any atom is 0.0807 e. The van der Waals surface area contributed by atoms with Gasteiger partial charge in [-0.3, -0.25) is 0 Å². The average Bonchev–Trinajstić information content (AvgIpc) is 3.02. The van der Waals surface area contributed by atoms with Gasteiger partial charge in [0.1, 0.15) is 0 Å². The van der Waals surface area contributed by atoms with Crippen LogP contribution in [0, 0.1) is 0 Å². The summed E-state index contributed by atoms with van der Waals surface area (Å²) in [6, 6.07) is 0. The Morgan fingerprint density at radius 3 is 1.62 bits per heavy atom. The molecule has 1 aliphatic rings. The van der Waals surface area contributed by atoms with Gasteiger partial charge in [0.2, 0.25) is 0 Å². The van der Waals surface area contributed by atoms with E-state index in [1.165, 1.54) is 6.42 Å². The van der Waals surface area contributed by atoms with Crippen LogP contribution < -0.4 is 0 Å². The molecule has 0 N–H and O–H groups in total. The highest BCUT2D eigenvalue weighted by atomic mass is 16.6. The topological polar surface area (TPSA) is 12.5 Å². The standard InChI is InChI=1S/C6H10.C4H8O.C2H6/c1-3-5-6-4-2;1-2-4-3-5-4;1-2/h3-6H,1-2H3;4H,2-3H2,1H3;1-2H3/b5-3+,6-4+;;. The summed E-state index contributed by atoms with van der Waals surface area (Å²) in [5.41, 5.74) is 0. The third kappa shape index (κ3) is 18.4. The minimum Gasteiger partial charge on any atom is -0.373 e. The van der Waals surface area contributed by atoms with Crippen molar-refractivity contribution < 1.29 is 4.74 Å². The van der Waals surface area contributed by atoms with Crippen molar-refractivity contribution >= 4 is 0 Å². The lowest BCUT2D eigenvalue weighted by molar-refractivity contribution is 0.403. The lowest BCUT2D eigenvalue weighted by Gasteiger charge is -1.69. The molecule has 0 aromatic carbocycles. The number of ether oxygens (including phenoxy) is 1. The Labute approximate surface area is 83.5 Å². The van der Waals surface area contributed by atoms with E-state index in [0.717, 1.165) is 6.61 Å². The highest BCUT2D eigenvalue weighted by Crippen LogP contribution is 2.10. The average molecular weight is 184 g/mol. The molecule has 78 valence electrons. The fraction of sp³-hybridized carbons (Fsp3) is 0.667. The maximum absolute atomic E-state index is 4.86. The van der Waals surface area contributed by atoms with E-state index in [4.69, 9.17) is 4.74 Å². The highest BCUT2D eigenvalue weighted by Gasteiger charge is 2.18. The lowest BCUT2D eigenvalue weighted by Crippen LogP contribution is -1.73. The molecule has 0 saturated carbocycles.